The second-order valence-corrected chi connectivity index (χ2v) is 8.40. The molecule has 0 saturated heterocycles. The summed E-state index contributed by atoms with van der Waals surface area (Å²) in [5, 5.41) is 8.76. The van der Waals surface area contributed by atoms with Crippen molar-refractivity contribution in [3.63, 3.8) is 0 Å². The predicted molar refractivity (Wildman–Crippen MR) is 128 cm³/mol. The van der Waals surface area contributed by atoms with Gasteiger partial charge in [-0.3, -0.25) is 15.0 Å². The summed E-state index contributed by atoms with van der Waals surface area (Å²) in [5.41, 5.74) is 2.67. The van der Waals surface area contributed by atoms with Crippen LogP contribution in [-0.4, -0.2) is 27.8 Å². The van der Waals surface area contributed by atoms with Gasteiger partial charge in [0, 0.05) is 22.6 Å². The smallest absolute Gasteiger partial charge is 0.277 e. The third kappa shape index (κ3) is 6.38. The highest BCUT2D eigenvalue weighted by molar-refractivity contribution is 7.98. The number of halogens is 1. The Kier molecular flexibility index (Phi) is 8.54. The summed E-state index contributed by atoms with van der Waals surface area (Å²) in [6.45, 7) is 5.16. The van der Waals surface area contributed by atoms with E-state index in [4.69, 9.17) is 10.1 Å². The predicted octanol–water partition coefficient (Wildman–Crippen LogP) is 4.41. The number of ketones is 1. The monoisotopic (exact) mass is 467 g/mol. The molecule has 0 spiro atoms. The van der Waals surface area contributed by atoms with Crippen molar-refractivity contribution in [2.75, 3.05) is 6.61 Å². The van der Waals surface area contributed by atoms with Gasteiger partial charge in [-0.2, -0.15) is 4.98 Å². The minimum atomic E-state index is -0.308. The Morgan fingerprint density at radius 2 is 2.09 bits per heavy atom. The molecule has 1 aliphatic rings. The molecule has 0 atom stereocenters. The van der Waals surface area contributed by atoms with Crippen molar-refractivity contribution < 1.29 is 13.9 Å². The number of benzene rings is 1. The van der Waals surface area contributed by atoms with Crippen LogP contribution in [0.5, 0.6) is 0 Å². The van der Waals surface area contributed by atoms with Gasteiger partial charge >= 0.3 is 0 Å². The van der Waals surface area contributed by atoms with Gasteiger partial charge in [0.15, 0.2) is 17.5 Å². The lowest BCUT2D eigenvalue weighted by Gasteiger charge is -2.17. The summed E-state index contributed by atoms with van der Waals surface area (Å²) >= 11 is 1.35. The number of nitrogens with one attached hydrogen (secondary N) is 1. The van der Waals surface area contributed by atoms with Crippen LogP contribution >= 0.6 is 11.8 Å². The van der Waals surface area contributed by atoms with Crippen molar-refractivity contribution in [2.45, 2.75) is 43.6 Å². The Morgan fingerprint density at radius 3 is 2.79 bits per heavy atom. The minimum Gasteiger partial charge on any atom is -0.471 e. The lowest BCUT2D eigenvalue weighted by atomic mass is 10.1. The maximum absolute atomic E-state index is 13.2. The van der Waals surface area contributed by atoms with Crippen LogP contribution in [0.2, 0.25) is 0 Å². The molecule has 1 aromatic heterocycles. The van der Waals surface area contributed by atoms with E-state index < -0.39 is 0 Å². The standard InChI is InChI=1S/C25H26FN3O3S/c1-3-5-7-18(4-2)22(30)15-32-23(27)14-29-21-9-6-8-20(21)24(31)28-25(29)33-16-17-10-12-19(26)13-11-17/h3-5,7,10-13,27H,1,6,8-9,14-16H2,2H3. The molecular formula is C25H26FN3O3S. The van der Waals surface area contributed by atoms with Gasteiger partial charge in [0.2, 0.25) is 5.90 Å². The molecular weight excluding hydrogens is 441 g/mol. The number of hydrogen-bond acceptors (Lipinski definition) is 6. The molecule has 2 aromatic rings. The van der Waals surface area contributed by atoms with Gasteiger partial charge in [-0.1, -0.05) is 54.8 Å². The molecule has 3 rings (SSSR count). The van der Waals surface area contributed by atoms with Crippen molar-refractivity contribution in [2.24, 2.45) is 0 Å². The fourth-order valence-electron chi connectivity index (χ4n) is 3.54. The Balaban J connectivity index is 1.75. The molecule has 172 valence electrons. The number of Topliss-reactive ketones (excluding diaryl/α,β-unsaturated/α-hetero) is 1. The topological polar surface area (TPSA) is 85.0 Å². The molecule has 0 saturated carbocycles. The molecule has 0 amide bonds. The molecule has 0 unspecified atom stereocenters. The van der Waals surface area contributed by atoms with Crippen LogP contribution in [-0.2, 0) is 34.7 Å². The maximum atomic E-state index is 13.2. The average Bonchev–Trinajstić information content (AvgIpc) is 3.31. The van der Waals surface area contributed by atoms with Gasteiger partial charge in [-0.15, -0.1) is 0 Å². The molecule has 1 N–H and O–H groups in total. The van der Waals surface area contributed by atoms with Gasteiger partial charge in [0.1, 0.15) is 12.4 Å². The molecule has 0 aliphatic heterocycles. The zero-order valence-corrected chi connectivity index (χ0v) is 19.3. The zero-order valence-electron chi connectivity index (χ0n) is 18.5. The third-order valence-electron chi connectivity index (χ3n) is 5.21. The van der Waals surface area contributed by atoms with Crippen LogP contribution in [0.1, 0.15) is 30.2 Å². The summed E-state index contributed by atoms with van der Waals surface area (Å²) < 4.78 is 20.5. The first kappa shape index (κ1) is 24.4. The number of thioether (sulfide) groups is 1. The van der Waals surface area contributed by atoms with Crippen LogP contribution < -0.4 is 5.56 Å². The van der Waals surface area contributed by atoms with Crippen LogP contribution in [0.15, 0.2) is 70.7 Å². The zero-order chi connectivity index (χ0) is 23.8. The molecule has 0 bridgehead atoms. The van der Waals surface area contributed by atoms with E-state index in [0.717, 1.165) is 24.1 Å². The Morgan fingerprint density at radius 1 is 1.33 bits per heavy atom. The number of carbonyl (C=O) groups is 1. The van der Waals surface area contributed by atoms with E-state index in [2.05, 4.69) is 11.6 Å². The highest BCUT2D eigenvalue weighted by Gasteiger charge is 2.23. The number of ether oxygens (including phenoxy) is 1. The summed E-state index contributed by atoms with van der Waals surface area (Å²) in [4.78, 5) is 29.1. The van der Waals surface area contributed by atoms with E-state index in [9.17, 15) is 14.0 Å². The summed E-state index contributed by atoms with van der Waals surface area (Å²) in [6.07, 6.45) is 8.80. The fourth-order valence-corrected chi connectivity index (χ4v) is 4.50. The first-order valence-electron chi connectivity index (χ1n) is 10.6. The van der Waals surface area contributed by atoms with E-state index in [1.807, 2.05) is 4.57 Å². The summed E-state index contributed by atoms with van der Waals surface area (Å²) in [5.74, 6) is -0.139. The molecule has 0 radical (unpaired) electrons. The molecule has 6 nitrogen and oxygen atoms in total. The third-order valence-corrected chi connectivity index (χ3v) is 6.25. The summed E-state index contributed by atoms with van der Waals surface area (Å²) in [7, 11) is 0. The number of nitrogens with zero attached hydrogens (tertiary/aromatic N) is 2. The van der Waals surface area contributed by atoms with Crippen LogP contribution in [0.4, 0.5) is 4.39 Å². The molecule has 1 aliphatic carbocycles. The number of hydrogen-bond donors (Lipinski definition) is 1. The average molecular weight is 468 g/mol. The molecule has 33 heavy (non-hydrogen) atoms. The van der Waals surface area contributed by atoms with E-state index in [0.29, 0.717) is 28.5 Å². The van der Waals surface area contributed by atoms with E-state index in [1.165, 1.54) is 23.9 Å². The van der Waals surface area contributed by atoms with Gasteiger partial charge in [-0.25, -0.2) is 4.39 Å². The first-order chi connectivity index (χ1) is 15.9. The lowest BCUT2D eigenvalue weighted by molar-refractivity contribution is -0.117. The molecule has 1 aromatic carbocycles. The quantitative estimate of drug-likeness (QED) is 0.140. The van der Waals surface area contributed by atoms with E-state index in [1.54, 1.807) is 43.4 Å². The van der Waals surface area contributed by atoms with Crippen LogP contribution in [0, 0.1) is 11.2 Å². The van der Waals surface area contributed by atoms with Crippen LogP contribution in [0.3, 0.4) is 0 Å². The number of rotatable bonds is 10. The van der Waals surface area contributed by atoms with Crippen molar-refractivity contribution in [3.05, 3.63) is 93.7 Å². The van der Waals surface area contributed by atoms with Gasteiger partial charge in [0.25, 0.3) is 5.56 Å². The second kappa shape index (κ2) is 11.6. The van der Waals surface area contributed by atoms with Crippen molar-refractivity contribution in [1.82, 2.24) is 9.55 Å². The molecule has 8 heteroatoms. The fraction of sp³-hybridized carbons (Fsp3) is 0.280. The highest BCUT2D eigenvalue weighted by atomic mass is 32.2. The van der Waals surface area contributed by atoms with Crippen molar-refractivity contribution in [1.29, 1.82) is 5.41 Å². The van der Waals surface area contributed by atoms with E-state index >= 15 is 0 Å². The van der Waals surface area contributed by atoms with Crippen molar-refractivity contribution in [3.8, 4) is 0 Å². The lowest BCUT2D eigenvalue weighted by Crippen LogP contribution is -2.26. The van der Waals surface area contributed by atoms with Crippen LogP contribution in [0.25, 0.3) is 0 Å². The number of fused-ring (bicyclic) bond motifs is 1. The Bertz CT molecular complexity index is 1170. The number of carbonyl (C=O) groups excluding carboxylic acids is 1. The van der Waals surface area contributed by atoms with Gasteiger partial charge < -0.3 is 9.30 Å². The molecule has 1 heterocycles. The Hall–Kier alpha value is -3.26. The highest BCUT2D eigenvalue weighted by Crippen LogP contribution is 2.26. The normalized spacial score (nSPS) is 13.2. The number of allylic oxidation sites excluding steroid dienone is 4. The van der Waals surface area contributed by atoms with Gasteiger partial charge in [0.05, 0.1) is 0 Å². The molecule has 0 fully saturated rings. The largest absolute Gasteiger partial charge is 0.471 e. The number of aromatic nitrogens is 2. The van der Waals surface area contributed by atoms with Gasteiger partial charge in [-0.05, 0) is 43.9 Å². The summed E-state index contributed by atoms with van der Waals surface area (Å²) in [6, 6.07) is 6.16. The first-order valence-corrected chi connectivity index (χ1v) is 11.6. The van der Waals surface area contributed by atoms with Crippen molar-refractivity contribution >= 4 is 23.4 Å². The SMILES string of the molecule is C=CC=CC(=CC)C(=O)COC(=N)Cn1c(SCc2ccc(F)cc2)nc(=O)c2c1CCC2. The maximum Gasteiger partial charge on any atom is 0.277 e. The van der Waals surface area contributed by atoms with E-state index in [-0.39, 0.29) is 36.2 Å². The minimum absolute atomic E-state index is 0.0717. The second-order valence-electron chi connectivity index (χ2n) is 7.45. The Labute approximate surface area is 196 Å².